The van der Waals surface area contributed by atoms with Gasteiger partial charge < -0.3 is 4.90 Å². The van der Waals surface area contributed by atoms with E-state index in [1.807, 2.05) is 18.3 Å². The molecule has 96 valence electrons. The summed E-state index contributed by atoms with van der Waals surface area (Å²) >= 11 is 0. The molecule has 2 rings (SSSR count). The van der Waals surface area contributed by atoms with Crippen molar-refractivity contribution in [2.75, 3.05) is 19.6 Å². The van der Waals surface area contributed by atoms with E-state index in [2.05, 4.69) is 28.2 Å². The monoisotopic (exact) mass is 244 g/mol. The minimum absolute atomic E-state index is 0.360. The smallest absolute Gasteiger partial charge is 0.109 e. The Bertz CT molecular complexity index is 402. The fourth-order valence-corrected chi connectivity index (χ4v) is 2.35. The van der Waals surface area contributed by atoms with Crippen molar-refractivity contribution >= 4 is 0 Å². The van der Waals surface area contributed by atoms with Crippen molar-refractivity contribution in [3.8, 4) is 6.07 Å². The number of hydrogen-bond acceptors (Lipinski definition) is 4. The van der Waals surface area contributed by atoms with Crippen LogP contribution in [-0.2, 0) is 6.54 Å². The summed E-state index contributed by atoms with van der Waals surface area (Å²) in [5, 5.41) is 12.8. The van der Waals surface area contributed by atoms with E-state index in [1.165, 1.54) is 0 Å². The lowest BCUT2D eigenvalue weighted by Gasteiger charge is -2.37. The van der Waals surface area contributed by atoms with Crippen LogP contribution in [0.4, 0.5) is 0 Å². The largest absolute Gasteiger partial charge is 0.303 e. The number of piperidine rings is 1. The molecule has 0 amide bonds. The molecule has 1 fully saturated rings. The quantitative estimate of drug-likeness (QED) is 0.873. The van der Waals surface area contributed by atoms with Crippen molar-refractivity contribution in [3.63, 3.8) is 0 Å². The Morgan fingerprint density at radius 1 is 1.50 bits per heavy atom. The number of nitriles is 1. The summed E-state index contributed by atoms with van der Waals surface area (Å²) in [6.07, 6.45) is 5.41. The fraction of sp³-hybridized carbons (Fsp3) is 0.571. The normalized spacial score (nSPS) is 19.3. The number of likely N-dealkylation sites (tertiary alicyclic amines) is 1. The molecule has 4 heteroatoms. The molecule has 1 saturated heterocycles. The summed E-state index contributed by atoms with van der Waals surface area (Å²) in [6, 6.07) is 6.43. The summed E-state index contributed by atoms with van der Waals surface area (Å²) < 4.78 is 0. The van der Waals surface area contributed by atoms with E-state index < -0.39 is 0 Å². The first-order chi connectivity index (χ1) is 8.78. The van der Waals surface area contributed by atoms with Crippen LogP contribution in [0.15, 0.2) is 24.5 Å². The predicted octanol–water partition coefficient (Wildman–Crippen LogP) is 1.55. The molecule has 1 aromatic rings. The van der Waals surface area contributed by atoms with Crippen molar-refractivity contribution < 1.29 is 0 Å². The third kappa shape index (κ3) is 3.06. The van der Waals surface area contributed by atoms with Gasteiger partial charge in [-0.15, -0.1) is 0 Å². The molecule has 2 heterocycles. The number of pyridine rings is 1. The van der Waals surface area contributed by atoms with Crippen molar-refractivity contribution in [2.45, 2.75) is 31.8 Å². The van der Waals surface area contributed by atoms with E-state index in [1.54, 1.807) is 6.20 Å². The Kier molecular flexibility index (Phi) is 4.29. The van der Waals surface area contributed by atoms with Crippen LogP contribution in [0.25, 0.3) is 0 Å². The van der Waals surface area contributed by atoms with Gasteiger partial charge in [0.05, 0.1) is 6.07 Å². The zero-order valence-corrected chi connectivity index (χ0v) is 10.9. The first kappa shape index (κ1) is 13.0. The maximum Gasteiger partial charge on any atom is 0.109 e. The molecule has 1 N–H and O–H groups in total. The van der Waals surface area contributed by atoms with Gasteiger partial charge in [-0.05, 0) is 31.0 Å². The molecule has 0 spiro atoms. The SMILES string of the molecule is CCN1CCC(C#N)(NCc2cccnc2)CC1. The second-order valence-electron chi connectivity index (χ2n) is 4.84. The Morgan fingerprint density at radius 2 is 2.28 bits per heavy atom. The fourth-order valence-electron chi connectivity index (χ4n) is 2.35. The molecule has 1 aliphatic heterocycles. The van der Waals surface area contributed by atoms with Crippen LogP contribution in [0.5, 0.6) is 0 Å². The minimum Gasteiger partial charge on any atom is -0.303 e. The Morgan fingerprint density at radius 3 is 2.83 bits per heavy atom. The highest BCUT2D eigenvalue weighted by Crippen LogP contribution is 2.21. The average Bonchev–Trinajstić information content (AvgIpc) is 2.47. The number of aromatic nitrogens is 1. The molecule has 4 nitrogen and oxygen atoms in total. The number of rotatable bonds is 4. The van der Waals surface area contributed by atoms with Crippen LogP contribution < -0.4 is 5.32 Å². The van der Waals surface area contributed by atoms with E-state index in [9.17, 15) is 5.26 Å². The lowest BCUT2D eigenvalue weighted by atomic mass is 9.88. The highest BCUT2D eigenvalue weighted by molar-refractivity contribution is 5.13. The standard InChI is InChI=1S/C14H20N4/c1-2-18-8-5-14(12-15,6-9-18)17-11-13-4-3-7-16-10-13/h3-4,7,10,17H,2,5-6,8-9,11H2,1H3. The van der Waals surface area contributed by atoms with Gasteiger partial charge >= 0.3 is 0 Å². The molecule has 0 atom stereocenters. The van der Waals surface area contributed by atoms with E-state index in [0.29, 0.717) is 6.54 Å². The third-order valence-electron chi connectivity index (χ3n) is 3.72. The van der Waals surface area contributed by atoms with Gasteiger partial charge in [-0.25, -0.2) is 0 Å². The van der Waals surface area contributed by atoms with Crippen molar-refractivity contribution in [3.05, 3.63) is 30.1 Å². The highest BCUT2D eigenvalue weighted by atomic mass is 15.1. The average molecular weight is 244 g/mol. The van der Waals surface area contributed by atoms with E-state index in [0.717, 1.165) is 38.0 Å². The van der Waals surface area contributed by atoms with Gasteiger partial charge in [0.15, 0.2) is 0 Å². The molecular formula is C14H20N4. The highest BCUT2D eigenvalue weighted by Gasteiger charge is 2.33. The molecule has 0 saturated carbocycles. The summed E-state index contributed by atoms with van der Waals surface area (Å²) in [4.78, 5) is 6.48. The van der Waals surface area contributed by atoms with Crippen molar-refractivity contribution in [1.82, 2.24) is 15.2 Å². The van der Waals surface area contributed by atoms with Gasteiger partial charge in [-0.2, -0.15) is 5.26 Å². The van der Waals surface area contributed by atoms with E-state index in [4.69, 9.17) is 0 Å². The molecular weight excluding hydrogens is 224 g/mol. The van der Waals surface area contributed by atoms with Gasteiger partial charge in [-0.1, -0.05) is 13.0 Å². The maximum absolute atomic E-state index is 9.43. The van der Waals surface area contributed by atoms with Crippen molar-refractivity contribution in [2.24, 2.45) is 0 Å². The minimum atomic E-state index is -0.360. The molecule has 0 aromatic carbocycles. The van der Waals surface area contributed by atoms with Crippen LogP contribution in [0.3, 0.4) is 0 Å². The molecule has 1 aromatic heterocycles. The van der Waals surface area contributed by atoms with Gasteiger partial charge in [0.1, 0.15) is 5.54 Å². The van der Waals surface area contributed by atoms with Crippen LogP contribution in [0, 0.1) is 11.3 Å². The molecule has 0 bridgehead atoms. The third-order valence-corrected chi connectivity index (χ3v) is 3.72. The molecule has 0 unspecified atom stereocenters. The number of nitrogens with one attached hydrogen (secondary N) is 1. The van der Waals surface area contributed by atoms with Crippen LogP contribution in [0.1, 0.15) is 25.3 Å². The van der Waals surface area contributed by atoms with E-state index >= 15 is 0 Å². The summed E-state index contributed by atoms with van der Waals surface area (Å²) in [7, 11) is 0. The Balaban J connectivity index is 1.92. The first-order valence-electron chi connectivity index (χ1n) is 6.55. The first-order valence-corrected chi connectivity index (χ1v) is 6.55. The zero-order valence-electron chi connectivity index (χ0n) is 10.9. The van der Waals surface area contributed by atoms with Crippen molar-refractivity contribution in [1.29, 1.82) is 5.26 Å². The summed E-state index contributed by atoms with van der Waals surface area (Å²) in [5.74, 6) is 0. The number of nitrogens with zero attached hydrogens (tertiary/aromatic N) is 3. The van der Waals surface area contributed by atoms with Crippen LogP contribution in [0.2, 0.25) is 0 Å². The van der Waals surface area contributed by atoms with Gasteiger partial charge in [0.2, 0.25) is 0 Å². The summed E-state index contributed by atoms with van der Waals surface area (Å²) in [6.45, 7) is 5.97. The zero-order chi connectivity index (χ0) is 12.8. The molecule has 0 radical (unpaired) electrons. The Hall–Kier alpha value is -1.44. The summed E-state index contributed by atoms with van der Waals surface area (Å²) in [5.41, 5.74) is 0.770. The van der Waals surface area contributed by atoms with Crippen LogP contribution >= 0.6 is 0 Å². The Labute approximate surface area is 109 Å². The second-order valence-corrected chi connectivity index (χ2v) is 4.84. The van der Waals surface area contributed by atoms with Gasteiger partial charge in [0, 0.05) is 32.0 Å². The topological polar surface area (TPSA) is 52.0 Å². The maximum atomic E-state index is 9.43. The molecule has 1 aliphatic rings. The van der Waals surface area contributed by atoms with Gasteiger partial charge in [-0.3, -0.25) is 10.3 Å². The lowest BCUT2D eigenvalue weighted by Crippen LogP contribution is -2.52. The van der Waals surface area contributed by atoms with E-state index in [-0.39, 0.29) is 5.54 Å². The molecule has 18 heavy (non-hydrogen) atoms. The number of hydrogen-bond donors (Lipinski definition) is 1. The molecule has 0 aliphatic carbocycles. The second kappa shape index (κ2) is 5.94. The van der Waals surface area contributed by atoms with Crippen LogP contribution in [-0.4, -0.2) is 35.1 Å². The lowest BCUT2D eigenvalue weighted by molar-refractivity contribution is 0.172. The van der Waals surface area contributed by atoms with Gasteiger partial charge in [0.25, 0.3) is 0 Å². The predicted molar refractivity (Wildman–Crippen MR) is 70.8 cm³/mol.